The molecule has 92 valence electrons. The number of nitrogens with one attached hydrogen (secondary N) is 2. The van der Waals surface area contributed by atoms with Gasteiger partial charge in [-0.1, -0.05) is 0 Å². The van der Waals surface area contributed by atoms with Crippen molar-refractivity contribution in [3.05, 3.63) is 0 Å². The number of likely N-dealkylation sites (tertiary alicyclic amines) is 1. The van der Waals surface area contributed by atoms with Gasteiger partial charge >= 0.3 is 0 Å². The average Bonchev–Trinajstić information content (AvgIpc) is 2.70. The largest absolute Gasteiger partial charge is 0.355 e. The molecule has 2 heterocycles. The number of hydrogen-bond acceptors (Lipinski definition) is 3. The highest BCUT2D eigenvalue weighted by Crippen LogP contribution is 2.14. The summed E-state index contributed by atoms with van der Waals surface area (Å²) in [4.78, 5) is 13.6. The van der Waals surface area contributed by atoms with Gasteiger partial charge in [0.05, 0.1) is 0 Å². The fraction of sp³-hybridized carbons (Fsp3) is 0.917. The number of nitrogens with zero attached hydrogens (tertiary/aromatic N) is 1. The van der Waals surface area contributed by atoms with Crippen LogP contribution in [0.4, 0.5) is 0 Å². The Morgan fingerprint density at radius 1 is 1.38 bits per heavy atom. The van der Waals surface area contributed by atoms with Crippen LogP contribution in [0.3, 0.4) is 0 Å². The second-order valence-electron chi connectivity index (χ2n) is 5.28. The van der Waals surface area contributed by atoms with Crippen LogP contribution in [-0.2, 0) is 4.79 Å². The SMILES string of the molecule is CC(C)N1CCC(NC2CCC(=O)NC2)C1. The van der Waals surface area contributed by atoms with Gasteiger partial charge in [-0.15, -0.1) is 0 Å². The summed E-state index contributed by atoms with van der Waals surface area (Å²) < 4.78 is 0. The van der Waals surface area contributed by atoms with Crippen LogP contribution in [0, 0.1) is 0 Å². The predicted molar refractivity (Wildman–Crippen MR) is 64.3 cm³/mol. The first kappa shape index (κ1) is 11.9. The van der Waals surface area contributed by atoms with Gasteiger partial charge in [0.15, 0.2) is 0 Å². The van der Waals surface area contributed by atoms with Crippen LogP contribution in [0.25, 0.3) is 0 Å². The van der Waals surface area contributed by atoms with E-state index in [1.54, 1.807) is 0 Å². The van der Waals surface area contributed by atoms with Gasteiger partial charge in [-0.2, -0.15) is 0 Å². The Bertz CT molecular complexity index is 245. The van der Waals surface area contributed by atoms with Crippen molar-refractivity contribution in [2.24, 2.45) is 0 Å². The van der Waals surface area contributed by atoms with Gasteiger partial charge in [-0.3, -0.25) is 9.69 Å². The molecule has 0 spiro atoms. The summed E-state index contributed by atoms with van der Waals surface area (Å²) in [6, 6.07) is 1.75. The standard InChI is InChI=1S/C12H23N3O/c1-9(2)15-6-5-11(8-15)14-10-3-4-12(16)13-7-10/h9-11,14H,3-8H2,1-2H3,(H,13,16). The van der Waals surface area contributed by atoms with E-state index in [-0.39, 0.29) is 5.91 Å². The van der Waals surface area contributed by atoms with E-state index in [4.69, 9.17) is 0 Å². The minimum absolute atomic E-state index is 0.202. The van der Waals surface area contributed by atoms with Crippen molar-refractivity contribution in [2.45, 2.75) is 51.2 Å². The molecular formula is C12H23N3O. The summed E-state index contributed by atoms with van der Waals surface area (Å²) in [7, 11) is 0. The lowest BCUT2D eigenvalue weighted by Gasteiger charge is -2.27. The first-order chi connectivity index (χ1) is 7.65. The maximum absolute atomic E-state index is 11.0. The third-order valence-corrected chi connectivity index (χ3v) is 3.69. The second kappa shape index (κ2) is 5.15. The first-order valence-corrected chi connectivity index (χ1v) is 6.42. The molecule has 2 aliphatic rings. The Labute approximate surface area is 97.8 Å². The molecule has 2 saturated heterocycles. The molecule has 16 heavy (non-hydrogen) atoms. The molecule has 0 saturated carbocycles. The molecule has 2 atom stereocenters. The molecule has 2 N–H and O–H groups in total. The van der Waals surface area contributed by atoms with Crippen LogP contribution in [0.5, 0.6) is 0 Å². The topological polar surface area (TPSA) is 44.4 Å². The Morgan fingerprint density at radius 2 is 2.19 bits per heavy atom. The van der Waals surface area contributed by atoms with Gasteiger partial charge in [0.25, 0.3) is 0 Å². The number of piperidine rings is 1. The van der Waals surface area contributed by atoms with Crippen LogP contribution in [0.2, 0.25) is 0 Å². The van der Waals surface area contributed by atoms with E-state index in [0.717, 1.165) is 19.5 Å². The fourth-order valence-corrected chi connectivity index (χ4v) is 2.60. The Morgan fingerprint density at radius 3 is 2.75 bits per heavy atom. The summed E-state index contributed by atoms with van der Waals surface area (Å²) in [5, 5.41) is 6.59. The smallest absolute Gasteiger partial charge is 0.220 e. The van der Waals surface area contributed by atoms with Crippen LogP contribution < -0.4 is 10.6 Å². The summed E-state index contributed by atoms with van der Waals surface area (Å²) in [6.07, 6.45) is 2.91. The highest BCUT2D eigenvalue weighted by Gasteiger charge is 2.27. The molecule has 2 rings (SSSR count). The molecule has 4 heteroatoms. The lowest BCUT2D eigenvalue weighted by Crippen LogP contribution is -2.50. The first-order valence-electron chi connectivity index (χ1n) is 6.42. The van der Waals surface area contributed by atoms with E-state index in [1.165, 1.54) is 13.0 Å². The molecule has 4 nitrogen and oxygen atoms in total. The van der Waals surface area contributed by atoms with Gasteiger partial charge in [-0.05, 0) is 33.2 Å². The van der Waals surface area contributed by atoms with Gasteiger partial charge in [-0.25, -0.2) is 0 Å². The summed E-state index contributed by atoms with van der Waals surface area (Å²) >= 11 is 0. The Kier molecular flexibility index (Phi) is 3.82. The fourth-order valence-electron chi connectivity index (χ4n) is 2.60. The van der Waals surface area contributed by atoms with Crippen LogP contribution in [-0.4, -0.2) is 48.6 Å². The molecule has 0 radical (unpaired) electrons. The van der Waals surface area contributed by atoms with Crippen molar-refractivity contribution in [2.75, 3.05) is 19.6 Å². The number of carbonyl (C=O) groups is 1. The number of rotatable bonds is 3. The molecule has 0 aromatic carbocycles. The lowest BCUT2D eigenvalue weighted by atomic mass is 10.1. The van der Waals surface area contributed by atoms with E-state index in [0.29, 0.717) is 24.5 Å². The van der Waals surface area contributed by atoms with Gasteiger partial charge in [0.2, 0.25) is 5.91 Å². The number of amides is 1. The molecule has 0 bridgehead atoms. The van der Waals surface area contributed by atoms with E-state index >= 15 is 0 Å². The van der Waals surface area contributed by atoms with Crippen molar-refractivity contribution in [1.29, 1.82) is 0 Å². The predicted octanol–water partition coefficient (Wildman–Crippen LogP) is 0.337. The van der Waals surface area contributed by atoms with Gasteiger partial charge < -0.3 is 10.6 Å². The van der Waals surface area contributed by atoms with Crippen LogP contribution in [0.1, 0.15) is 33.1 Å². The quantitative estimate of drug-likeness (QED) is 0.728. The van der Waals surface area contributed by atoms with E-state index in [2.05, 4.69) is 29.4 Å². The van der Waals surface area contributed by atoms with Crippen molar-refractivity contribution in [3.8, 4) is 0 Å². The van der Waals surface area contributed by atoms with Gasteiger partial charge in [0, 0.05) is 37.6 Å². The van der Waals surface area contributed by atoms with Crippen LogP contribution in [0.15, 0.2) is 0 Å². The minimum atomic E-state index is 0.202. The summed E-state index contributed by atoms with van der Waals surface area (Å²) in [6.45, 7) is 7.67. The minimum Gasteiger partial charge on any atom is -0.355 e. The maximum atomic E-state index is 11.0. The second-order valence-corrected chi connectivity index (χ2v) is 5.28. The van der Waals surface area contributed by atoms with Gasteiger partial charge in [0.1, 0.15) is 0 Å². The molecule has 2 aliphatic heterocycles. The van der Waals surface area contributed by atoms with Crippen molar-refractivity contribution >= 4 is 5.91 Å². The van der Waals surface area contributed by atoms with Crippen LogP contribution >= 0.6 is 0 Å². The van der Waals surface area contributed by atoms with E-state index in [1.807, 2.05) is 0 Å². The lowest BCUT2D eigenvalue weighted by molar-refractivity contribution is -0.122. The molecule has 2 fully saturated rings. The zero-order chi connectivity index (χ0) is 11.5. The molecular weight excluding hydrogens is 202 g/mol. The molecule has 2 unspecified atom stereocenters. The highest BCUT2D eigenvalue weighted by molar-refractivity contribution is 5.76. The van der Waals surface area contributed by atoms with Crippen molar-refractivity contribution < 1.29 is 4.79 Å². The number of hydrogen-bond donors (Lipinski definition) is 2. The zero-order valence-corrected chi connectivity index (χ0v) is 10.3. The number of carbonyl (C=O) groups excluding carboxylic acids is 1. The highest BCUT2D eigenvalue weighted by atomic mass is 16.1. The Hall–Kier alpha value is -0.610. The maximum Gasteiger partial charge on any atom is 0.220 e. The monoisotopic (exact) mass is 225 g/mol. The normalized spacial score (nSPS) is 32.1. The molecule has 1 amide bonds. The molecule has 0 aromatic rings. The van der Waals surface area contributed by atoms with Crippen molar-refractivity contribution in [1.82, 2.24) is 15.5 Å². The summed E-state index contributed by atoms with van der Waals surface area (Å²) in [5.74, 6) is 0.202. The Balaban J connectivity index is 1.72. The summed E-state index contributed by atoms with van der Waals surface area (Å²) in [5.41, 5.74) is 0. The zero-order valence-electron chi connectivity index (χ0n) is 10.3. The molecule has 0 aromatic heterocycles. The van der Waals surface area contributed by atoms with E-state index < -0.39 is 0 Å². The third-order valence-electron chi connectivity index (χ3n) is 3.69. The average molecular weight is 225 g/mol. The van der Waals surface area contributed by atoms with E-state index in [9.17, 15) is 4.79 Å². The van der Waals surface area contributed by atoms with Crippen molar-refractivity contribution in [3.63, 3.8) is 0 Å². The molecule has 0 aliphatic carbocycles. The third kappa shape index (κ3) is 2.95.